The topological polar surface area (TPSA) is 77.6 Å². The zero-order valence-electron chi connectivity index (χ0n) is 13.0. The quantitative estimate of drug-likeness (QED) is 0.794. The van der Waals surface area contributed by atoms with Crippen molar-refractivity contribution in [1.82, 2.24) is 4.98 Å². The molecule has 20 heavy (non-hydrogen) atoms. The Morgan fingerprint density at radius 3 is 2.15 bits per heavy atom. The van der Waals surface area contributed by atoms with Crippen LogP contribution >= 0.6 is 0 Å². The van der Waals surface area contributed by atoms with Crippen molar-refractivity contribution >= 4 is 18.4 Å². The molecule has 2 rings (SSSR count). The van der Waals surface area contributed by atoms with Gasteiger partial charge in [0.05, 0.1) is 16.8 Å². The van der Waals surface area contributed by atoms with Crippen molar-refractivity contribution < 1.29 is 14.4 Å². The van der Waals surface area contributed by atoms with Gasteiger partial charge in [-0.3, -0.25) is 0 Å². The largest absolute Gasteiger partial charge is 0.495 e. The van der Waals surface area contributed by atoms with Crippen molar-refractivity contribution in [2.45, 2.75) is 58.3 Å². The van der Waals surface area contributed by atoms with Crippen LogP contribution in [0, 0.1) is 0 Å². The van der Waals surface area contributed by atoms with E-state index in [9.17, 15) is 5.11 Å². The van der Waals surface area contributed by atoms with Gasteiger partial charge in [0.15, 0.2) is 0 Å². The van der Waals surface area contributed by atoms with Gasteiger partial charge < -0.3 is 20.1 Å². The van der Waals surface area contributed by atoms with E-state index < -0.39 is 23.9 Å². The van der Waals surface area contributed by atoms with Gasteiger partial charge in [0.1, 0.15) is 5.82 Å². The summed E-state index contributed by atoms with van der Waals surface area (Å²) in [6.07, 6.45) is 1.60. The van der Waals surface area contributed by atoms with Crippen molar-refractivity contribution in [1.29, 1.82) is 0 Å². The van der Waals surface area contributed by atoms with E-state index in [1.54, 1.807) is 26.1 Å². The molecule has 0 saturated carbocycles. The van der Waals surface area contributed by atoms with Crippen LogP contribution in [-0.4, -0.2) is 28.4 Å². The molecule has 0 unspecified atom stereocenters. The van der Waals surface area contributed by atoms with E-state index in [0.29, 0.717) is 11.4 Å². The van der Waals surface area contributed by atoms with Crippen molar-refractivity contribution in [2.24, 2.45) is 0 Å². The standard InChI is InChI=1S/C14H23BN2O3/c1-12(2,18)10-9(7-8-17-11(10)16)15-19-13(3,4)14(5,6)20-15/h7-8,18H,1-6H3,(H2,16,17). The van der Waals surface area contributed by atoms with Gasteiger partial charge in [-0.1, -0.05) is 0 Å². The molecule has 1 aliphatic heterocycles. The van der Waals surface area contributed by atoms with Gasteiger partial charge in [-0.2, -0.15) is 0 Å². The number of aromatic nitrogens is 1. The van der Waals surface area contributed by atoms with Crippen LogP contribution in [0.5, 0.6) is 0 Å². The minimum absolute atomic E-state index is 0.296. The third-order valence-electron chi connectivity index (χ3n) is 4.13. The van der Waals surface area contributed by atoms with E-state index in [2.05, 4.69) is 4.98 Å². The van der Waals surface area contributed by atoms with Crippen LogP contribution in [0.2, 0.25) is 0 Å². The summed E-state index contributed by atoms with van der Waals surface area (Å²) in [5.41, 5.74) is 5.22. The van der Waals surface area contributed by atoms with E-state index in [1.165, 1.54) is 0 Å². The van der Waals surface area contributed by atoms with Gasteiger partial charge in [0.25, 0.3) is 0 Å². The molecule has 1 aliphatic rings. The number of pyridine rings is 1. The number of nitrogen functional groups attached to an aromatic ring is 1. The number of hydrogen-bond acceptors (Lipinski definition) is 5. The highest BCUT2D eigenvalue weighted by Gasteiger charge is 2.52. The Labute approximate surface area is 120 Å². The maximum absolute atomic E-state index is 10.3. The highest BCUT2D eigenvalue weighted by Crippen LogP contribution is 2.37. The summed E-state index contributed by atoms with van der Waals surface area (Å²) in [5.74, 6) is 0.296. The first-order chi connectivity index (χ1) is 8.96. The molecule has 0 bridgehead atoms. The summed E-state index contributed by atoms with van der Waals surface area (Å²) in [4.78, 5) is 4.06. The molecule has 1 aromatic heterocycles. The first-order valence-electron chi connectivity index (χ1n) is 6.78. The van der Waals surface area contributed by atoms with Crippen LogP contribution in [0.25, 0.3) is 0 Å². The van der Waals surface area contributed by atoms with Crippen molar-refractivity contribution in [3.8, 4) is 0 Å². The van der Waals surface area contributed by atoms with Crippen LogP contribution in [-0.2, 0) is 14.9 Å². The van der Waals surface area contributed by atoms with E-state index in [0.717, 1.165) is 5.46 Å². The second-order valence-electron chi connectivity index (χ2n) is 6.81. The minimum atomic E-state index is -1.11. The van der Waals surface area contributed by atoms with Crippen molar-refractivity contribution in [3.63, 3.8) is 0 Å². The number of nitrogens with zero attached hydrogens (tertiary/aromatic N) is 1. The van der Waals surface area contributed by atoms with E-state index >= 15 is 0 Å². The molecule has 0 atom stereocenters. The van der Waals surface area contributed by atoms with Crippen LogP contribution in [0.3, 0.4) is 0 Å². The zero-order chi connectivity index (χ0) is 15.3. The minimum Gasteiger partial charge on any atom is -0.399 e. The third kappa shape index (κ3) is 2.43. The highest BCUT2D eigenvalue weighted by atomic mass is 16.7. The number of nitrogens with two attached hydrogens (primary N) is 1. The molecule has 1 aromatic rings. The maximum Gasteiger partial charge on any atom is 0.495 e. The average Bonchev–Trinajstić information content (AvgIpc) is 2.46. The fourth-order valence-corrected chi connectivity index (χ4v) is 2.33. The van der Waals surface area contributed by atoms with Crippen LogP contribution < -0.4 is 11.2 Å². The second kappa shape index (κ2) is 4.45. The van der Waals surface area contributed by atoms with Gasteiger partial charge in [-0.15, -0.1) is 0 Å². The zero-order valence-corrected chi connectivity index (χ0v) is 13.0. The van der Waals surface area contributed by atoms with Crippen molar-refractivity contribution in [3.05, 3.63) is 17.8 Å². The summed E-state index contributed by atoms with van der Waals surface area (Å²) in [6.45, 7) is 11.3. The van der Waals surface area contributed by atoms with Crippen molar-refractivity contribution in [2.75, 3.05) is 5.73 Å². The highest BCUT2D eigenvalue weighted by molar-refractivity contribution is 6.62. The monoisotopic (exact) mass is 278 g/mol. The summed E-state index contributed by atoms with van der Waals surface area (Å²) in [7, 11) is -0.563. The number of aliphatic hydroxyl groups is 1. The van der Waals surface area contributed by atoms with Gasteiger partial charge in [0, 0.05) is 11.8 Å². The first-order valence-corrected chi connectivity index (χ1v) is 6.78. The lowest BCUT2D eigenvalue weighted by Gasteiger charge is -2.32. The van der Waals surface area contributed by atoms with Gasteiger partial charge in [-0.05, 0) is 53.1 Å². The lowest BCUT2D eigenvalue weighted by atomic mass is 9.73. The molecular formula is C14H23BN2O3. The maximum atomic E-state index is 10.3. The summed E-state index contributed by atoms with van der Waals surface area (Å²) < 4.78 is 12.0. The molecule has 5 nitrogen and oxygen atoms in total. The van der Waals surface area contributed by atoms with E-state index in [1.807, 2.05) is 27.7 Å². The van der Waals surface area contributed by atoms with Crippen LogP contribution in [0.15, 0.2) is 12.3 Å². The molecule has 6 heteroatoms. The molecule has 0 amide bonds. The number of anilines is 1. The SMILES string of the molecule is CC(C)(O)c1c(B2OC(C)(C)C(C)(C)O2)ccnc1N. The molecule has 1 saturated heterocycles. The Bertz CT molecular complexity index is 508. The van der Waals surface area contributed by atoms with E-state index in [4.69, 9.17) is 15.0 Å². The molecule has 2 heterocycles. The predicted octanol–water partition coefficient (Wildman–Crippen LogP) is 1.19. The molecule has 3 N–H and O–H groups in total. The molecule has 0 spiro atoms. The van der Waals surface area contributed by atoms with Gasteiger partial charge in [0.2, 0.25) is 0 Å². The summed E-state index contributed by atoms with van der Waals surface area (Å²) in [5, 5.41) is 10.3. The fourth-order valence-electron chi connectivity index (χ4n) is 2.33. The van der Waals surface area contributed by atoms with E-state index in [-0.39, 0.29) is 0 Å². The van der Waals surface area contributed by atoms with Gasteiger partial charge in [-0.25, -0.2) is 4.98 Å². The smallest absolute Gasteiger partial charge is 0.399 e. The fraction of sp³-hybridized carbons (Fsp3) is 0.643. The molecule has 110 valence electrons. The summed E-state index contributed by atoms with van der Waals surface area (Å²) >= 11 is 0. The first kappa shape index (κ1) is 15.3. The Hall–Kier alpha value is -1.11. The normalized spacial score (nSPS) is 21.2. The van der Waals surface area contributed by atoms with Crippen LogP contribution in [0.1, 0.15) is 47.1 Å². The third-order valence-corrected chi connectivity index (χ3v) is 4.13. The molecule has 1 fully saturated rings. The van der Waals surface area contributed by atoms with Gasteiger partial charge >= 0.3 is 7.12 Å². The Morgan fingerprint density at radius 2 is 1.70 bits per heavy atom. The molecule has 0 aromatic carbocycles. The number of rotatable bonds is 2. The predicted molar refractivity (Wildman–Crippen MR) is 79.6 cm³/mol. The summed E-state index contributed by atoms with van der Waals surface area (Å²) in [6, 6.07) is 1.78. The lowest BCUT2D eigenvalue weighted by molar-refractivity contribution is 0.00578. The Balaban J connectivity index is 2.49. The lowest BCUT2D eigenvalue weighted by Crippen LogP contribution is -2.41. The average molecular weight is 278 g/mol. The molecule has 0 aliphatic carbocycles. The second-order valence-corrected chi connectivity index (χ2v) is 6.81. The molecular weight excluding hydrogens is 255 g/mol. The molecule has 0 radical (unpaired) electrons. The Morgan fingerprint density at radius 1 is 1.20 bits per heavy atom. The number of hydrogen-bond donors (Lipinski definition) is 2. The van der Waals surface area contributed by atoms with Crippen LogP contribution in [0.4, 0.5) is 5.82 Å². The Kier molecular flexibility index (Phi) is 3.40.